The van der Waals surface area contributed by atoms with Crippen molar-refractivity contribution in [3.05, 3.63) is 46.8 Å². The van der Waals surface area contributed by atoms with Gasteiger partial charge >= 0.3 is 0 Å². The predicted molar refractivity (Wildman–Crippen MR) is 86.1 cm³/mol. The quantitative estimate of drug-likeness (QED) is 0.906. The molecule has 23 heavy (non-hydrogen) atoms. The van der Waals surface area contributed by atoms with Crippen molar-refractivity contribution in [1.82, 2.24) is 10.5 Å². The highest BCUT2D eigenvalue weighted by Crippen LogP contribution is 2.19. The van der Waals surface area contributed by atoms with Crippen LogP contribution in [0.4, 0.5) is 0 Å². The standard InChI is InChI=1S/C16H20N2O4S/c1-5-14-15(11(3)22-18-14)16(19)17-10(2)12-6-8-13(9-7-12)23(4,20)21/h6-10H,5H2,1-4H3,(H,17,19). The number of benzene rings is 1. The van der Waals surface area contributed by atoms with E-state index in [0.29, 0.717) is 23.4 Å². The second kappa shape index (κ2) is 6.54. The van der Waals surface area contributed by atoms with Gasteiger partial charge in [-0.25, -0.2) is 8.42 Å². The van der Waals surface area contributed by atoms with Gasteiger partial charge in [-0.05, 0) is 38.0 Å². The Labute approximate surface area is 135 Å². The Morgan fingerprint density at radius 2 is 1.91 bits per heavy atom. The molecule has 0 spiro atoms. The first-order valence-corrected chi connectivity index (χ1v) is 9.19. The van der Waals surface area contributed by atoms with E-state index >= 15 is 0 Å². The Morgan fingerprint density at radius 3 is 2.43 bits per heavy atom. The molecule has 0 aliphatic heterocycles. The third-order valence-corrected chi connectivity index (χ3v) is 4.78. The molecule has 0 saturated carbocycles. The van der Waals surface area contributed by atoms with Gasteiger partial charge in [-0.15, -0.1) is 0 Å². The molecule has 0 saturated heterocycles. The first-order valence-electron chi connectivity index (χ1n) is 7.30. The van der Waals surface area contributed by atoms with E-state index in [1.807, 2.05) is 13.8 Å². The average Bonchev–Trinajstić information content (AvgIpc) is 2.87. The number of nitrogens with zero attached hydrogens (tertiary/aromatic N) is 1. The van der Waals surface area contributed by atoms with Gasteiger partial charge in [0, 0.05) is 6.26 Å². The second-order valence-corrected chi connectivity index (χ2v) is 7.47. The Bertz CT molecular complexity index is 807. The van der Waals surface area contributed by atoms with Crippen LogP contribution in [0.2, 0.25) is 0 Å². The van der Waals surface area contributed by atoms with Crippen LogP contribution in [0.5, 0.6) is 0 Å². The number of aromatic nitrogens is 1. The van der Waals surface area contributed by atoms with Crippen LogP contribution in [0.1, 0.15) is 47.3 Å². The molecule has 2 rings (SSSR count). The average molecular weight is 336 g/mol. The van der Waals surface area contributed by atoms with Gasteiger partial charge in [-0.2, -0.15) is 0 Å². The number of hydrogen-bond acceptors (Lipinski definition) is 5. The molecular formula is C16H20N2O4S. The van der Waals surface area contributed by atoms with Crippen LogP contribution in [0.25, 0.3) is 0 Å². The molecular weight excluding hydrogens is 316 g/mol. The fraction of sp³-hybridized carbons (Fsp3) is 0.375. The number of amides is 1. The Morgan fingerprint density at radius 1 is 1.30 bits per heavy atom. The monoisotopic (exact) mass is 336 g/mol. The smallest absolute Gasteiger partial charge is 0.257 e. The first-order chi connectivity index (χ1) is 10.7. The number of carbonyl (C=O) groups is 1. The summed E-state index contributed by atoms with van der Waals surface area (Å²) in [5.74, 6) is 0.235. The molecule has 0 aliphatic rings. The zero-order chi connectivity index (χ0) is 17.2. The number of sulfone groups is 1. The number of nitrogens with one attached hydrogen (secondary N) is 1. The number of carbonyl (C=O) groups excluding carboxylic acids is 1. The van der Waals surface area contributed by atoms with Crippen molar-refractivity contribution in [3.8, 4) is 0 Å². The third-order valence-electron chi connectivity index (χ3n) is 3.65. The Balaban J connectivity index is 2.17. The fourth-order valence-corrected chi connectivity index (χ4v) is 2.94. The summed E-state index contributed by atoms with van der Waals surface area (Å²) in [6, 6.07) is 6.20. The normalized spacial score (nSPS) is 12.9. The summed E-state index contributed by atoms with van der Waals surface area (Å²) in [5, 5.41) is 6.76. The minimum absolute atomic E-state index is 0.250. The molecule has 124 valence electrons. The summed E-state index contributed by atoms with van der Waals surface area (Å²) in [5.41, 5.74) is 1.91. The van der Waals surface area contributed by atoms with Gasteiger partial charge in [-0.1, -0.05) is 24.2 Å². The van der Waals surface area contributed by atoms with Crippen LogP contribution in [0.15, 0.2) is 33.7 Å². The lowest BCUT2D eigenvalue weighted by molar-refractivity contribution is 0.0937. The van der Waals surface area contributed by atoms with Crippen LogP contribution in [0, 0.1) is 6.92 Å². The summed E-state index contributed by atoms with van der Waals surface area (Å²) in [6.07, 6.45) is 1.77. The number of aryl methyl sites for hydroxylation is 2. The van der Waals surface area contributed by atoms with E-state index in [-0.39, 0.29) is 16.8 Å². The van der Waals surface area contributed by atoms with Gasteiger partial charge < -0.3 is 9.84 Å². The molecule has 1 aromatic carbocycles. The maximum atomic E-state index is 12.4. The van der Waals surface area contributed by atoms with Gasteiger partial charge in [-0.3, -0.25) is 4.79 Å². The van der Waals surface area contributed by atoms with E-state index in [1.54, 1.807) is 19.1 Å². The van der Waals surface area contributed by atoms with E-state index in [2.05, 4.69) is 10.5 Å². The summed E-state index contributed by atoms with van der Waals surface area (Å²) in [6.45, 7) is 5.44. The minimum Gasteiger partial charge on any atom is -0.361 e. The molecule has 2 aromatic rings. The SMILES string of the molecule is CCc1noc(C)c1C(=O)NC(C)c1ccc(S(C)(=O)=O)cc1. The third kappa shape index (κ3) is 3.79. The summed E-state index contributed by atoms with van der Waals surface area (Å²) in [7, 11) is -3.23. The molecule has 0 aliphatic carbocycles. The summed E-state index contributed by atoms with van der Waals surface area (Å²) < 4.78 is 28.0. The first kappa shape index (κ1) is 17.2. The molecule has 0 radical (unpaired) electrons. The highest BCUT2D eigenvalue weighted by molar-refractivity contribution is 7.90. The van der Waals surface area contributed by atoms with E-state index in [4.69, 9.17) is 4.52 Å². The molecule has 1 atom stereocenters. The molecule has 6 nitrogen and oxygen atoms in total. The maximum Gasteiger partial charge on any atom is 0.257 e. The lowest BCUT2D eigenvalue weighted by atomic mass is 10.1. The van der Waals surface area contributed by atoms with Crippen LogP contribution in [-0.4, -0.2) is 25.7 Å². The van der Waals surface area contributed by atoms with E-state index in [0.717, 1.165) is 11.8 Å². The summed E-state index contributed by atoms with van der Waals surface area (Å²) >= 11 is 0. The molecule has 7 heteroatoms. The summed E-state index contributed by atoms with van der Waals surface area (Å²) in [4.78, 5) is 12.7. The molecule has 0 bridgehead atoms. The predicted octanol–water partition coefficient (Wildman–Crippen LogP) is 2.44. The molecule has 1 unspecified atom stereocenters. The van der Waals surface area contributed by atoms with Crippen molar-refractivity contribution < 1.29 is 17.7 Å². The van der Waals surface area contributed by atoms with Gasteiger partial charge in [0.05, 0.1) is 16.6 Å². The molecule has 1 aromatic heterocycles. The van der Waals surface area contributed by atoms with Gasteiger partial charge in [0.2, 0.25) is 0 Å². The maximum absolute atomic E-state index is 12.4. The van der Waals surface area contributed by atoms with Gasteiger partial charge in [0.15, 0.2) is 9.84 Å². The lowest BCUT2D eigenvalue weighted by Gasteiger charge is -2.14. The lowest BCUT2D eigenvalue weighted by Crippen LogP contribution is -2.27. The van der Waals surface area contributed by atoms with Crippen molar-refractivity contribution in [1.29, 1.82) is 0 Å². The fourth-order valence-electron chi connectivity index (χ4n) is 2.31. The second-order valence-electron chi connectivity index (χ2n) is 5.45. The molecule has 1 heterocycles. The molecule has 0 fully saturated rings. The Kier molecular flexibility index (Phi) is 4.89. The van der Waals surface area contributed by atoms with Crippen LogP contribution >= 0.6 is 0 Å². The largest absolute Gasteiger partial charge is 0.361 e. The van der Waals surface area contributed by atoms with Crippen molar-refractivity contribution in [2.75, 3.05) is 6.26 Å². The zero-order valence-corrected chi connectivity index (χ0v) is 14.4. The number of rotatable bonds is 5. The minimum atomic E-state index is -3.23. The van der Waals surface area contributed by atoms with Crippen molar-refractivity contribution in [3.63, 3.8) is 0 Å². The van der Waals surface area contributed by atoms with Crippen LogP contribution in [0.3, 0.4) is 0 Å². The highest BCUT2D eigenvalue weighted by atomic mass is 32.2. The van der Waals surface area contributed by atoms with E-state index in [1.165, 1.54) is 12.1 Å². The van der Waals surface area contributed by atoms with E-state index in [9.17, 15) is 13.2 Å². The Hall–Kier alpha value is -2.15. The van der Waals surface area contributed by atoms with Crippen molar-refractivity contribution in [2.45, 2.75) is 38.1 Å². The molecule has 1 amide bonds. The van der Waals surface area contributed by atoms with Gasteiger partial charge in [0.25, 0.3) is 5.91 Å². The van der Waals surface area contributed by atoms with Crippen LogP contribution < -0.4 is 5.32 Å². The van der Waals surface area contributed by atoms with Crippen molar-refractivity contribution in [2.24, 2.45) is 0 Å². The number of hydrogen-bond donors (Lipinski definition) is 1. The van der Waals surface area contributed by atoms with E-state index < -0.39 is 9.84 Å². The topological polar surface area (TPSA) is 89.3 Å². The molecule has 1 N–H and O–H groups in total. The van der Waals surface area contributed by atoms with Crippen LogP contribution in [-0.2, 0) is 16.3 Å². The highest BCUT2D eigenvalue weighted by Gasteiger charge is 2.21. The van der Waals surface area contributed by atoms with Crippen molar-refractivity contribution >= 4 is 15.7 Å². The van der Waals surface area contributed by atoms with Gasteiger partial charge in [0.1, 0.15) is 11.3 Å². The zero-order valence-electron chi connectivity index (χ0n) is 13.6.